The van der Waals surface area contributed by atoms with E-state index in [0.29, 0.717) is 6.42 Å². The Kier molecular flexibility index (Phi) is 5.38. The van der Waals surface area contributed by atoms with E-state index in [0.717, 1.165) is 16.7 Å². The van der Waals surface area contributed by atoms with Crippen molar-refractivity contribution in [2.75, 3.05) is 0 Å². The van der Waals surface area contributed by atoms with Gasteiger partial charge in [-0.3, -0.25) is 4.90 Å². The van der Waals surface area contributed by atoms with Crippen molar-refractivity contribution < 1.29 is 13.9 Å². The molecule has 1 aliphatic carbocycles. The van der Waals surface area contributed by atoms with Gasteiger partial charge in [-0.2, -0.15) is 0 Å². The number of amides is 1. The minimum Gasteiger partial charge on any atom is -0.445 e. The second-order valence-electron chi connectivity index (χ2n) is 6.99. The van der Waals surface area contributed by atoms with Crippen molar-refractivity contribution in [2.45, 2.75) is 31.3 Å². The summed E-state index contributed by atoms with van der Waals surface area (Å²) in [6.07, 6.45) is -1.16. The molecular formula is C24H22FNO2. The van der Waals surface area contributed by atoms with E-state index in [1.807, 2.05) is 91.0 Å². The Balaban J connectivity index is 1.64. The number of rotatable bonds is 6. The van der Waals surface area contributed by atoms with Gasteiger partial charge in [0.25, 0.3) is 0 Å². The summed E-state index contributed by atoms with van der Waals surface area (Å²) in [6, 6.07) is 28.1. The zero-order chi connectivity index (χ0) is 19.3. The maximum absolute atomic E-state index is 14.1. The Labute approximate surface area is 164 Å². The molecule has 0 spiro atoms. The van der Waals surface area contributed by atoms with E-state index >= 15 is 0 Å². The summed E-state index contributed by atoms with van der Waals surface area (Å²) in [5, 5.41) is 0. The number of hydrogen-bond acceptors (Lipinski definition) is 2. The van der Waals surface area contributed by atoms with Gasteiger partial charge in [0.15, 0.2) is 0 Å². The van der Waals surface area contributed by atoms with Gasteiger partial charge in [0, 0.05) is 6.42 Å². The summed E-state index contributed by atoms with van der Waals surface area (Å²) in [7, 11) is 0. The van der Waals surface area contributed by atoms with Crippen molar-refractivity contribution in [1.29, 1.82) is 0 Å². The highest BCUT2D eigenvalue weighted by atomic mass is 19.1. The summed E-state index contributed by atoms with van der Waals surface area (Å²) in [4.78, 5) is 14.6. The minimum absolute atomic E-state index is 0.163. The predicted octanol–water partition coefficient (Wildman–Crippen LogP) is 5.53. The van der Waals surface area contributed by atoms with Crippen LogP contribution in [-0.4, -0.2) is 23.2 Å². The summed E-state index contributed by atoms with van der Waals surface area (Å²) < 4.78 is 19.7. The maximum atomic E-state index is 14.1. The Morgan fingerprint density at radius 2 is 1.36 bits per heavy atom. The molecule has 4 rings (SSSR count). The number of ether oxygens (including phenoxy) is 1. The van der Waals surface area contributed by atoms with Crippen LogP contribution in [0.2, 0.25) is 0 Å². The fourth-order valence-electron chi connectivity index (χ4n) is 3.45. The topological polar surface area (TPSA) is 29.5 Å². The van der Waals surface area contributed by atoms with Crippen LogP contribution in [0.5, 0.6) is 0 Å². The highest BCUT2D eigenvalue weighted by Crippen LogP contribution is 2.40. The molecule has 3 aromatic carbocycles. The molecule has 0 aliphatic heterocycles. The van der Waals surface area contributed by atoms with Crippen LogP contribution in [0.3, 0.4) is 0 Å². The van der Waals surface area contributed by atoms with Gasteiger partial charge in [-0.1, -0.05) is 91.0 Å². The van der Waals surface area contributed by atoms with Crippen molar-refractivity contribution in [2.24, 2.45) is 0 Å². The standard InChI is InChI=1S/C24H22FNO2/c25-21-16-22(21)26(24(27)28-17-18-10-4-1-5-11-18)23(19-12-6-2-7-13-19)20-14-8-3-9-15-20/h1-15,21-23H,16-17H2/t21-,22+/m0/s1. The van der Waals surface area contributed by atoms with Gasteiger partial charge in [-0.05, 0) is 16.7 Å². The second kappa shape index (κ2) is 8.26. The number of hydrogen-bond donors (Lipinski definition) is 0. The fourth-order valence-corrected chi connectivity index (χ4v) is 3.45. The van der Waals surface area contributed by atoms with Crippen molar-refractivity contribution >= 4 is 6.09 Å². The smallest absolute Gasteiger partial charge is 0.411 e. The van der Waals surface area contributed by atoms with Crippen LogP contribution in [0.1, 0.15) is 29.2 Å². The number of nitrogens with zero attached hydrogens (tertiary/aromatic N) is 1. The van der Waals surface area contributed by atoms with Crippen molar-refractivity contribution in [3.63, 3.8) is 0 Å². The predicted molar refractivity (Wildman–Crippen MR) is 106 cm³/mol. The summed E-state index contributed by atoms with van der Waals surface area (Å²) in [6.45, 7) is 0.163. The molecule has 1 aliphatic rings. The molecule has 3 aromatic rings. The molecule has 0 N–H and O–H groups in total. The molecule has 28 heavy (non-hydrogen) atoms. The monoisotopic (exact) mass is 375 g/mol. The van der Waals surface area contributed by atoms with Crippen LogP contribution in [0.4, 0.5) is 9.18 Å². The molecule has 0 radical (unpaired) electrons. The third-order valence-electron chi connectivity index (χ3n) is 4.96. The van der Waals surface area contributed by atoms with Crippen LogP contribution < -0.4 is 0 Å². The lowest BCUT2D eigenvalue weighted by Crippen LogP contribution is -2.39. The highest BCUT2D eigenvalue weighted by molar-refractivity contribution is 5.70. The molecule has 1 fully saturated rings. The van der Waals surface area contributed by atoms with Crippen molar-refractivity contribution in [3.05, 3.63) is 108 Å². The Bertz CT molecular complexity index is 862. The third kappa shape index (κ3) is 4.06. The SMILES string of the molecule is O=C(OCc1ccccc1)N(C(c1ccccc1)c1ccccc1)[C@@H]1C[C@@H]1F. The lowest BCUT2D eigenvalue weighted by Gasteiger charge is -2.32. The Morgan fingerprint density at radius 3 is 1.82 bits per heavy atom. The van der Waals surface area contributed by atoms with Gasteiger partial charge in [-0.25, -0.2) is 9.18 Å². The van der Waals surface area contributed by atoms with Crippen LogP contribution in [0.15, 0.2) is 91.0 Å². The third-order valence-corrected chi connectivity index (χ3v) is 4.96. The van der Waals surface area contributed by atoms with Crippen LogP contribution >= 0.6 is 0 Å². The molecule has 2 atom stereocenters. The lowest BCUT2D eigenvalue weighted by molar-refractivity contribution is 0.0794. The molecule has 4 heteroatoms. The first-order chi connectivity index (χ1) is 13.7. The van der Waals surface area contributed by atoms with Crippen LogP contribution in [0, 0.1) is 0 Å². The first-order valence-corrected chi connectivity index (χ1v) is 9.47. The van der Waals surface area contributed by atoms with Gasteiger partial charge >= 0.3 is 6.09 Å². The molecule has 0 saturated heterocycles. The van der Waals surface area contributed by atoms with Crippen molar-refractivity contribution in [1.82, 2.24) is 4.90 Å². The lowest BCUT2D eigenvalue weighted by atomic mass is 9.97. The molecule has 0 aromatic heterocycles. The Hall–Kier alpha value is -3.14. The van der Waals surface area contributed by atoms with E-state index in [9.17, 15) is 9.18 Å². The van der Waals surface area contributed by atoms with Gasteiger partial charge < -0.3 is 4.74 Å². The van der Waals surface area contributed by atoms with Gasteiger partial charge in [-0.15, -0.1) is 0 Å². The molecule has 142 valence electrons. The molecule has 0 heterocycles. The van der Waals surface area contributed by atoms with E-state index in [1.54, 1.807) is 4.90 Å². The number of carbonyl (C=O) groups excluding carboxylic acids is 1. The molecular weight excluding hydrogens is 353 g/mol. The number of carbonyl (C=O) groups is 1. The number of alkyl halides is 1. The average molecular weight is 375 g/mol. The average Bonchev–Trinajstić information content (AvgIpc) is 3.48. The van der Waals surface area contributed by atoms with E-state index < -0.39 is 24.3 Å². The first-order valence-electron chi connectivity index (χ1n) is 9.47. The van der Waals surface area contributed by atoms with E-state index in [2.05, 4.69) is 0 Å². The Morgan fingerprint density at radius 1 is 0.893 bits per heavy atom. The van der Waals surface area contributed by atoms with Crippen LogP contribution in [-0.2, 0) is 11.3 Å². The zero-order valence-electron chi connectivity index (χ0n) is 15.4. The summed E-state index contributed by atoms with van der Waals surface area (Å²) in [5.74, 6) is 0. The largest absolute Gasteiger partial charge is 0.445 e. The van der Waals surface area contributed by atoms with E-state index in [-0.39, 0.29) is 6.61 Å². The number of benzene rings is 3. The van der Waals surface area contributed by atoms with E-state index in [1.165, 1.54) is 0 Å². The minimum atomic E-state index is -1.01. The quantitative estimate of drug-likeness (QED) is 0.567. The van der Waals surface area contributed by atoms with Gasteiger partial charge in [0.2, 0.25) is 0 Å². The van der Waals surface area contributed by atoms with Crippen LogP contribution in [0.25, 0.3) is 0 Å². The maximum Gasteiger partial charge on any atom is 0.411 e. The molecule has 3 nitrogen and oxygen atoms in total. The first kappa shape index (κ1) is 18.2. The summed E-state index contributed by atoms with van der Waals surface area (Å²) >= 11 is 0. The molecule has 0 unspecified atom stereocenters. The van der Waals surface area contributed by atoms with Gasteiger partial charge in [0.05, 0.1) is 12.1 Å². The zero-order valence-corrected chi connectivity index (χ0v) is 15.4. The van der Waals surface area contributed by atoms with Gasteiger partial charge in [0.1, 0.15) is 12.8 Å². The number of halogens is 1. The second-order valence-corrected chi connectivity index (χ2v) is 6.99. The van der Waals surface area contributed by atoms with E-state index in [4.69, 9.17) is 4.74 Å². The fraction of sp³-hybridized carbons (Fsp3) is 0.208. The molecule has 1 saturated carbocycles. The normalized spacial score (nSPS) is 17.9. The molecule has 1 amide bonds. The van der Waals surface area contributed by atoms with Crippen molar-refractivity contribution in [3.8, 4) is 0 Å². The highest BCUT2D eigenvalue weighted by Gasteiger charge is 2.48. The summed E-state index contributed by atoms with van der Waals surface area (Å²) in [5.41, 5.74) is 2.77. The molecule has 0 bridgehead atoms.